The SMILES string of the molecule is CNCCCc1nc2cc(Cl)ccc2n1C1CC1. The van der Waals surface area contributed by atoms with Crippen LogP contribution in [0, 0.1) is 0 Å². The Morgan fingerprint density at radius 1 is 1.44 bits per heavy atom. The number of nitrogens with zero attached hydrogens (tertiary/aromatic N) is 2. The Bertz CT molecular complexity index is 557. The van der Waals surface area contributed by atoms with Crippen LogP contribution in [0.15, 0.2) is 18.2 Å². The number of aryl methyl sites for hydroxylation is 1. The summed E-state index contributed by atoms with van der Waals surface area (Å²) in [5.41, 5.74) is 2.27. The summed E-state index contributed by atoms with van der Waals surface area (Å²) in [4.78, 5) is 4.76. The average Bonchev–Trinajstić information content (AvgIpc) is 3.12. The van der Waals surface area contributed by atoms with Gasteiger partial charge in [-0.3, -0.25) is 0 Å². The van der Waals surface area contributed by atoms with Crippen LogP contribution >= 0.6 is 11.6 Å². The van der Waals surface area contributed by atoms with Crippen molar-refractivity contribution in [3.63, 3.8) is 0 Å². The van der Waals surface area contributed by atoms with Gasteiger partial charge in [-0.25, -0.2) is 4.98 Å². The molecule has 0 unspecified atom stereocenters. The summed E-state index contributed by atoms with van der Waals surface area (Å²) in [5.74, 6) is 1.21. The van der Waals surface area contributed by atoms with Gasteiger partial charge in [0.25, 0.3) is 0 Å². The van der Waals surface area contributed by atoms with E-state index in [1.165, 1.54) is 24.2 Å². The van der Waals surface area contributed by atoms with Crippen molar-refractivity contribution in [3.05, 3.63) is 29.0 Å². The lowest BCUT2D eigenvalue weighted by Gasteiger charge is -2.07. The van der Waals surface area contributed by atoms with Crippen molar-refractivity contribution in [3.8, 4) is 0 Å². The highest BCUT2D eigenvalue weighted by molar-refractivity contribution is 6.31. The molecule has 1 aromatic carbocycles. The van der Waals surface area contributed by atoms with Gasteiger partial charge in [-0.05, 0) is 51.1 Å². The van der Waals surface area contributed by atoms with Crippen molar-refractivity contribution < 1.29 is 0 Å². The number of fused-ring (bicyclic) bond motifs is 1. The van der Waals surface area contributed by atoms with E-state index in [1.807, 2.05) is 19.2 Å². The molecule has 18 heavy (non-hydrogen) atoms. The zero-order valence-electron chi connectivity index (χ0n) is 10.6. The lowest BCUT2D eigenvalue weighted by molar-refractivity contribution is 0.649. The third kappa shape index (κ3) is 2.25. The minimum Gasteiger partial charge on any atom is -0.325 e. The topological polar surface area (TPSA) is 29.9 Å². The van der Waals surface area contributed by atoms with Crippen molar-refractivity contribution in [2.24, 2.45) is 0 Å². The second kappa shape index (κ2) is 4.90. The molecule has 0 aliphatic heterocycles. The lowest BCUT2D eigenvalue weighted by Crippen LogP contribution is -2.10. The number of imidazole rings is 1. The molecule has 1 N–H and O–H groups in total. The molecule has 0 atom stereocenters. The first-order valence-corrected chi connectivity index (χ1v) is 6.98. The summed E-state index contributed by atoms with van der Waals surface area (Å²) < 4.78 is 2.42. The third-order valence-electron chi connectivity index (χ3n) is 3.46. The first kappa shape index (κ1) is 12.0. The molecular weight excluding hydrogens is 246 g/mol. The molecule has 1 fully saturated rings. The molecule has 3 rings (SSSR count). The number of hydrogen-bond acceptors (Lipinski definition) is 2. The molecule has 0 saturated heterocycles. The Kier molecular flexibility index (Phi) is 3.27. The summed E-state index contributed by atoms with van der Waals surface area (Å²) in [6.07, 6.45) is 4.73. The van der Waals surface area contributed by atoms with E-state index in [0.717, 1.165) is 29.9 Å². The average molecular weight is 264 g/mol. The Morgan fingerprint density at radius 2 is 2.28 bits per heavy atom. The Morgan fingerprint density at radius 3 is 3.00 bits per heavy atom. The molecule has 4 heteroatoms. The zero-order valence-corrected chi connectivity index (χ0v) is 11.4. The maximum absolute atomic E-state index is 6.04. The molecule has 1 saturated carbocycles. The maximum atomic E-state index is 6.04. The number of aromatic nitrogens is 2. The van der Waals surface area contributed by atoms with Gasteiger partial charge in [-0.15, -0.1) is 0 Å². The fourth-order valence-corrected chi connectivity index (χ4v) is 2.63. The van der Waals surface area contributed by atoms with Gasteiger partial charge in [-0.1, -0.05) is 11.6 Å². The summed E-state index contributed by atoms with van der Waals surface area (Å²) in [6.45, 7) is 1.04. The van der Waals surface area contributed by atoms with E-state index >= 15 is 0 Å². The molecule has 1 heterocycles. The van der Waals surface area contributed by atoms with Crippen molar-refractivity contribution in [1.29, 1.82) is 0 Å². The Labute approximate surface area is 112 Å². The zero-order chi connectivity index (χ0) is 12.5. The highest BCUT2D eigenvalue weighted by Gasteiger charge is 2.27. The van der Waals surface area contributed by atoms with Crippen molar-refractivity contribution in [2.45, 2.75) is 31.7 Å². The largest absolute Gasteiger partial charge is 0.325 e. The molecule has 96 valence electrons. The summed E-state index contributed by atoms with van der Waals surface area (Å²) >= 11 is 6.04. The molecule has 2 aromatic rings. The van der Waals surface area contributed by atoms with Gasteiger partial charge in [0, 0.05) is 17.5 Å². The van der Waals surface area contributed by atoms with E-state index in [-0.39, 0.29) is 0 Å². The van der Waals surface area contributed by atoms with E-state index in [9.17, 15) is 0 Å². The van der Waals surface area contributed by atoms with Crippen LogP contribution in [-0.4, -0.2) is 23.1 Å². The van der Waals surface area contributed by atoms with E-state index in [0.29, 0.717) is 6.04 Å². The summed E-state index contributed by atoms with van der Waals surface area (Å²) in [5, 5.41) is 3.96. The highest BCUT2D eigenvalue weighted by atomic mass is 35.5. The molecule has 1 aliphatic rings. The first-order chi connectivity index (χ1) is 8.79. The quantitative estimate of drug-likeness (QED) is 0.840. The van der Waals surface area contributed by atoms with Crippen LogP contribution in [0.25, 0.3) is 11.0 Å². The normalized spacial score (nSPS) is 15.4. The molecule has 1 aromatic heterocycles. The predicted molar refractivity (Wildman–Crippen MR) is 75.3 cm³/mol. The van der Waals surface area contributed by atoms with Gasteiger partial charge >= 0.3 is 0 Å². The first-order valence-electron chi connectivity index (χ1n) is 6.60. The van der Waals surface area contributed by atoms with E-state index in [1.54, 1.807) is 0 Å². The van der Waals surface area contributed by atoms with E-state index < -0.39 is 0 Å². The molecule has 0 bridgehead atoms. The molecule has 0 radical (unpaired) electrons. The van der Waals surface area contributed by atoms with Gasteiger partial charge in [0.2, 0.25) is 0 Å². The van der Waals surface area contributed by atoms with Gasteiger partial charge in [-0.2, -0.15) is 0 Å². The molecule has 3 nitrogen and oxygen atoms in total. The van der Waals surface area contributed by atoms with Crippen LogP contribution in [0.2, 0.25) is 5.02 Å². The van der Waals surface area contributed by atoms with Crippen molar-refractivity contribution in [1.82, 2.24) is 14.9 Å². The number of rotatable bonds is 5. The van der Waals surface area contributed by atoms with E-state index in [4.69, 9.17) is 16.6 Å². The third-order valence-corrected chi connectivity index (χ3v) is 3.70. The number of halogens is 1. The van der Waals surface area contributed by atoms with Crippen LogP contribution in [0.4, 0.5) is 0 Å². The fourth-order valence-electron chi connectivity index (χ4n) is 2.46. The Hall–Kier alpha value is -1.06. The van der Waals surface area contributed by atoms with Crippen LogP contribution in [0.1, 0.15) is 31.1 Å². The molecule has 0 amide bonds. The fraction of sp³-hybridized carbons (Fsp3) is 0.500. The van der Waals surface area contributed by atoms with Crippen molar-refractivity contribution >= 4 is 22.6 Å². The molecule has 0 spiro atoms. The van der Waals surface area contributed by atoms with E-state index in [2.05, 4.69) is 16.0 Å². The van der Waals surface area contributed by atoms with Gasteiger partial charge in [0.15, 0.2) is 0 Å². The standard InChI is InChI=1S/C14H18ClN3/c1-16-8-2-3-14-17-12-9-10(15)4-7-13(12)18(14)11-5-6-11/h4,7,9,11,16H,2-3,5-6,8H2,1H3. The predicted octanol–water partition coefficient (Wildman–Crippen LogP) is 3.18. The van der Waals surface area contributed by atoms with Crippen molar-refractivity contribution in [2.75, 3.05) is 13.6 Å². The highest BCUT2D eigenvalue weighted by Crippen LogP contribution is 2.39. The number of nitrogens with one attached hydrogen (secondary N) is 1. The maximum Gasteiger partial charge on any atom is 0.110 e. The molecular formula is C14H18ClN3. The van der Waals surface area contributed by atoms with Gasteiger partial charge in [0.05, 0.1) is 11.0 Å². The molecule has 1 aliphatic carbocycles. The van der Waals surface area contributed by atoms with Gasteiger partial charge < -0.3 is 9.88 Å². The van der Waals surface area contributed by atoms with Crippen LogP contribution in [0.3, 0.4) is 0 Å². The van der Waals surface area contributed by atoms with Crippen LogP contribution < -0.4 is 5.32 Å². The van der Waals surface area contributed by atoms with Crippen LogP contribution in [0.5, 0.6) is 0 Å². The minimum absolute atomic E-state index is 0.667. The second-order valence-electron chi connectivity index (χ2n) is 4.97. The van der Waals surface area contributed by atoms with Crippen LogP contribution in [-0.2, 0) is 6.42 Å². The number of hydrogen-bond donors (Lipinski definition) is 1. The summed E-state index contributed by atoms with van der Waals surface area (Å²) in [7, 11) is 1.99. The second-order valence-corrected chi connectivity index (χ2v) is 5.41. The number of benzene rings is 1. The minimum atomic E-state index is 0.667. The summed E-state index contributed by atoms with van der Waals surface area (Å²) in [6, 6.07) is 6.70. The smallest absolute Gasteiger partial charge is 0.110 e. The lowest BCUT2D eigenvalue weighted by atomic mass is 10.3. The Balaban J connectivity index is 1.98. The monoisotopic (exact) mass is 263 g/mol. The van der Waals surface area contributed by atoms with Gasteiger partial charge in [0.1, 0.15) is 5.82 Å².